The smallest absolute Gasteiger partial charge is 0.240 e. The molecule has 1 aromatic rings. The van der Waals surface area contributed by atoms with Gasteiger partial charge >= 0.3 is 0 Å². The lowest BCUT2D eigenvalue weighted by Crippen LogP contribution is -2.28. The normalized spacial score (nSPS) is 11.9. The molecule has 7 heteroatoms. The van der Waals surface area contributed by atoms with Gasteiger partial charge in [-0.3, -0.25) is 0 Å². The second-order valence-electron chi connectivity index (χ2n) is 5.04. The van der Waals surface area contributed by atoms with Gasteiger partial charge in [0.15, 0.2) is 0 Å². The first-order valence-electron chi connectivity index (χ1n) is 6.85. The molecule has 0 bridgehead atoms. The van der Waals surface area contributed by atoms with Crippen molar-refractivity contribution in [3.05, 3.63) is 23.8 Å². The molecule has 0 radical (unpaired) electrons. The summed E-state index contributed by atoms with van der Waals surface area (Å²) in [5.41, 5.74) is 6.24. The van der Waals surface area contributed by atoms with Gasteiger partial charge in [0.05, 0.1) is 18.6 Å². The molecule has 21 heavy (non-hydrogen) atoms. The highest BCUT2D eigenvalue weighted by atomic mass is 32.2. The minimum absolute atomic E-state index is 0.174. The Hall–Kier alpha value is -1.15. The van der Waals surface area contributed by atoms with E-state index in [1.807, 2.05) is 13.8 Å². The van der Waals surface area contributed by atoms with Gasteiger partial charge in [-0.25, -0.2) is 13.1 Å². The highest BCUT2D eigenvalue weighted by Gasteiger charge is 2.15. The molecular weight excluding hydrogens is 292 g/mol. The predicted molar refractivity (Wildman–Crippen MR) is 81.7 cm³/mol. The van der Waals surface area contributed by atoms with Crippen LogP contribution in [0.15, 0.2) is 23.1 Å². The number of nitrogens with one attached hydrogen (secondary N) is 1. The summed E-state index contributed by atoms with van der Waals surface area (Å²) in [6.45, 7) is 5.48. The van der Waals surface area contributed by atoms with Crippen molar-refractivity contribution in [2.24, 2.45) is 11.7 Å². The first-order chi connectivity index (χ1) is 9.90. The van der Waals surface area contributed by atoms with Gasteiger partial charge in [-0.1, -0.05) is 13.8 Å². The summed E-state index contributed by atoms with van der Waals surface area (Å²) in [5.74, 6) is 1.01. The molecular formula is C14H24N2O4S. The zero-order valence-corrected chi connectivity index (χ0v) is 13.6. The third kappa shape index (κ3) is 5.62. The van der Waals surface area contributed by atoms with Gasteiger partial charge in [-0.15, -0.1) is 0 Å². The SMILES string of the molecule is COc1ccc(S(=O)(=O)NCCOCC(C)C)cc1CN. The Morgan fingerprint density at radius 3 is 2.62 bits per heavy atom. The van der Waals surface area contributed by atoms with Crippen molar-refractivity contribution >= 4 is 10.0 Å². The molecule has 0 saturated carbocycles. The molecule has 0 aromatic heterocycles. The van der Waals surface area contributed by atoms with E-state index in [1.54, 1.807) is 6.07 Å². The predicted octanol–water partition coefficient (Wildman–Crippen LogP) is 1.10. The van der Waals surface area contributed by atoms with Crippen LogP contribution in [0.3, 0.4) is 0 Å². The standard InChI is InChI=1S/C14H24N2O4S/c1-11(2)10-20-7-6-16-21(17,18)13-4-5-14(19-3)12(8-13)9-15/h4-5,8,11,16H,6-7,9-10,15H2,1-3H3. The Balaban J connectivity index is 2.66. The Labute approximate surface area is 126 Å². The van der Waals surface area contributed by atoms with Gasteiger partial charge in [0.1, 0.15) is 5.75 Å². The average molecular weight is 316 g/mol. The van der Waals surface area contributed by atoms with E-state index in [4.69, 9.17) is 15.2 Å². The maximum absolute atomic E-state index is 12.1. The average Bonchev–Trinajstić information content (AvgIpc) is 2.45. The highest BCUT2D eigenvalue weighted by molar-refractivity contribution is 7.89. The summed E-state index contributed by atoms with van der Waals surface area (Å²) in [7, 11) is -2.04. The zero-order valence-electron chi connectivity index (χ0n) is 12.8. The molecule has 0 saturated heterocycles. The van der Waals surface area contributed by atoms with E-state index in [0.717, 1.165) is 0 Å². The van der Waals surface area contributed by atoms with Gasteiger partial charge in [-0.2, -0.15) is 0 Å². The van der Waals surface area contributed by atoms with E-state index in [9.17, 15) is 8.42 Å². The van der Waals surface area contributed by atoms with Crippen LogP contribution in [-0.2, 0) is 21.3 Å². The molecule has 120 valence electrons. The van der Waals surface area contributed by atoms with Crippen molar-refractivity contribution in [1.29, 1.82) is 0 Å². The monoisotopic (exact) mass is 316 g/mol. The van der Waals surface area contributed by atoms with Crippen molar-refractivity contribution in [1.82, 2.24) is 4.72 Å². The molecule has 0 aliphatic rings. The highest BCUT2D eigenvalue weighted by Crippen LogP contribution is 2.21. The molecule has 0 heterocycles. The van der Waals surface area contributed by atoms with E-state index in [0.29, 0.717) is 30.4 Å². The second-order valence-corrected chi connectivity index (χ2v) is 6.81. The van der Waals surface area contributed by atoms with Crippen LogP contribution in [0, 0.1) is 5.92 Å². The van der Waals surface area contributed by atoms with Gasteiger partial charge in [0.2, 0.25) is 10.0 Å². The summed E-state index contributed by atoms with van der Waals surface area (Å²) < 4.78 is 37.3. The van der Waals surface area contributed by atoms with E-state index >= 15 is 0 Å². The van der Waals surface area contributed by atoms with Crippen molar-refractivity contribution in [3.8, 4) is 5.75 Å². The minimum Gasteiger partial charge on any atom is -0.496 e. The molecule has 1 rings (SSSR count). The summed E-state index contributed by atoms with van der Waals surface area (Å²) in [6.07, 6.45) is 0. The Morgan fingerprint density at radius 2 is 2.05 bits per heavy atom. The van der Waals surface area contributed by atoms with E-state index < -0.39 is 10.0 Å². The molecule has 3 N–H and O–H groups in total. The van der Waals surface area contributed by atoms with Gasteiger partial charge in [0.25, 0.3) is 0 Å². The fraction of sp³-hybridized carbons (Fsp3) is 0.571. The van der Waals surface area contributed by atoms with Crippen molar-refractivity contribution < 1.29 is 17.9 Å². The Morgan fingerprint density at radius 1 is 1.33 bits per heavy atom. The van der Waals surface area contributed by atoms with E-state index in [2.05, 4.69) is 4.72 Å². The first kappa shape index (κ1) is 17.9. The summed E-state index contributed by atoms with van der Waals surface area (Å²) in [5, 5.41) is 0. The molecule has 0 aliphatic heterocycles. The Kier molecular flexibility index (Phi) is 7.10. The van der Waals surface area contributed by atoms with Crippen LogP contribution < -0.4 is 15.2 Å². The van der Waals surface area contributed by atoms with E-state index in [-0.39, 0.29) is 18.0 Å². The number of hydrogen-bond acceptors (Lipinski definition) is 5. The lowest BCUT2D eigenvalue weighted by atomic mass is 10.2. The van der Waals surface area contributed by atoms with Crippen LogP contribution in [0.1, 0.15) is 19.4 Å². The third-order valence-corrected chi connectivity index (χ3v) is 4.23. The lowest BCUT2D eigenvalue weighted by Gasteiger charge is -2.11. The van der Waals surface area contributed by atoms with Crippen molar-refractivity contribution in [2.45, 2.75) is 25.3 Å². The van der Waals surface area contributed by atoms with Crippen molar-refractivity contribution in [3.63, 3.8) is 0 Å². The first-order valence-corrected chi connectivity index (χ1v) is 8.33. The molecule has 0 atom stereocenters. The lowest BCUT2D eigenvalue weighted by molar-refractivity contribution is 0.114. The third-order valence-electron chi connectivity index (χ3n) is 2.77. The number of methoxy groups -OCH3 is 1. The van der Waals surface area contributed by atoms with Crippen LogP contribution in [0.2, 0.25) is 0 Å². The molecule has 0 aliphatic carbocycles. The molecule has 6 nitrogen and oxygen atoms in total. The topological polar surface area (TPSA) is 90.7 Å². The summed E-state index contributed by atoms with van der Waals surface area (Å²) in [4.78, 5) is 0.174. The van der Waals surface area contributed by atoms with E-state index in [1.165, 1.54) is 19.2 Å². The van der Waals surface area contributed by atoms with Gasteiger partial charge < -0.3 is 15.2 Å². The summed E-state index contributed by atoms with van der Waals surface area (Å²) >= 11 is 0. The fourth-order valence-electron chi connectivity index (χ4n) is 1.73. The number of benzene rings is 1. The van der Waals surface area contributed by atoms with Crippen molar-refractivity contribution in [2.75, 3.05) is 26.9 Å². The van der Waals surface area contributed by atoms with Crippen LogP contribution in [-0.4, -0.2) is 35.3 Å². The number of sulfonamides is 1. The van der Waals surface area contributed by atoms with Crippen LogP contribution in [0.4, 0.5) is 0 Å². The molecule has 1 aromatic carbocycles. The van der Waals surface area contributed by atoms with Gasteiger partial charge in [0, 0.05) is 25.3 Å². The number of hydrogen-bond donors (Lipinski definition) is 2. The molecule has 0 spiro atoms. The maximum Gasteiger partial charge on any atom is 0.240 e. The largest absolute Gasteiger partial charge is 0.496 e. The quantitative estimate of drug-likeness (QED) is 0.666. The van der Waals surface area contributed by atoms with Crippen LogP contribution >= 0.6 is 0 Å². The minimum atomic E-state index is -3.56. The molecule has 0 fully saturated rings. The molecule has 0 amide bonds. The molecule has 0 unspecified atom stereocenters. The van der Waals surface area contributed by atoms with Crippen LogP contribution in [0.25, 0.3) is 0 Å². The number of rotatable bonds is 9. The number of ether oxygens (including phenoxy) is 2. The zero-order chi connectivity index (χ0) is 15.9. The number of nitrogens with two attached hydrogens (primary N) is 1. The maximum atomic E-state index is 12.1. The van der Waals surface area contributed by atoms with Gasteiger partial charge in [-0.05, 0) is 24.1 Å². The second kappa shape index (κ2) is 8.33. The van der Waals surface area contributed by atoms with Crippen LogP contribution in [0.5, 0.6) is 5.75 Å². The summed E-state index contributed by atoms with van der Waals surface area (Å²) in [6, 6.07) is 4.62. The Bertz CT molecular complexity index is 544. The fourth-order valence-corrected chi connectivity index (χ4v) is 2.80.